The van der Waals surface area contributed by atoms with E-state index in [9.17, 15) is 9.18 Å². The molecule has 1 saturated heterocycles. The monoisotopic (exact) mass is 385 g/mol. The van der Waals surface area contributed by atoms with Crippen LogP contribution in [-0.2, 0) is 7.05 Å². The van der Waals surface area contributed by atoms with Crippen molar-refractivity contribution >= 4 is 11.9 Å². The van der Waals surface area contributed by atoms with Crippen molar-refractivity contribution in [3.8, 4) is 11.4 Å². The standard InChI is InChI=1S/C18H20FN7O2/c1-25-18(21-16(24-25)14-4-3-6-20-14)22-17(27)15-5-7-26(23-15)12-8-11(19)9-13(10-12)28-2/h5,7-10,14,20H,3-4,6H2,1-2H3,(H,21,22,24,27)/t14-/m1/s1. The molecule has 0 radical (unpaired) electrons. The van der Waals surface area contributed by atoms with E-state index >= 15 is 0 Å². The van der Waals surface area contributed by atoms with Crippen LogP contribution in [0.1, 0.15) is 35.2 Å². The number of carbonyl (C=O) groups is 1. The van der Waals surface area contributed by atoms with Crippen LogP contribution in [-0.4, -0.2) is 44.1 Å². The third-order valence-corrected chi connectivity index (χ3v) is 4.55. The largest absolute Gasteiger partial charge is 0.497 e. The zero-order valence-electron chi connectivity index (χ0n) is 15.5. The molecular weight excluding hydrogens is 365 g/mol. The second-order valence-electron chi connectivity index (χ2n) is 6.52. The lowest BCUT2D eigenvalue weighted by atomic mass is 10.2. The Labute approximate surface area is 160 Å². The number of halogens is 1. The predicted octanol–water partition coefficient (Wildman–Crippen LogP) is 1.83. The minimum atomic E-state index is -0.456. The lowest BCUT2D eigenvalue weighted by Crippen LogP contribution is -2.16. The number of carbonyl (C=O) groups excluding carboxylic acids is 1. The van der Waals surface area contributed by atoms with Crippen LogP contribution in [0.2, 0.25) is 0 Å². The van der Waals surface area contributed by atoms with Crippen LogP contribution in [0.5, 0.6) is 5.75 Å². The summed E-state index contributed by atoms with van der Waals surface area (Å²) in [6.07, 6.45) is 3.62. The number of rotatable bonds is 5. The molecule has 146 valence electrons. The fraction of sp³-hybridized carbons (Fsp3) is 0.333. The van der Waals surface area contributed by atoms with E-state index in [0.717, 1.165) is 19.4 Å². The molecule has 0 spiro atoms. The molecule has 10 heteroatoms. The first-order valence-electron chi connectivity index (χ1n) is 8.90. The fourth-order valence-electron chi connectivity index (χ4n) is 3.12. The summed E-state index contributed by atoms with van der Waals surface area (Å²) in [4.78, 5) is 17.0. The van der Waals surface area contributed by atoms with Crippen LogP contribution in [0.15, 0.2) is 30.5 Å². The highest BCUT2D eigenvalue weighted by atomic mass is 19.1. The molecule has 28 heavy (non-hydrogen) atoms. The SMILES string of the molecule is COc1cc(F)cc(-n2ccc(C(=O)Nc3nc([C@H]4CCCN4)nn3C)n2)c1. The topological polar surface area (TPSA) is 98.9 Å². The smallest absolute Gasteiger partial charge is 0.278 e. The molecule has 1 fully saturated rings. The van der Waals surface area contributed by atoms with Gasteiger partial charge < -0.3 is 10.1 Å². The van der Waals surface area contributed by atoms with Gasteiger partial charge in [0.1, 0.15) is 11.6 Å². The van der Waals surface area contributed by atoms with Gasteiger partial charge in [0.05, 0.1) is 18.8 Å². The van der Waals surface area contributed by atoms with Crippen molar-refractivity contribution in [1.29, 1.82) is 0 Å². The Morgan fingerprint density at radius 2 is 2.21 bits per heavy atom. The number of nitrogens with one attached hydrogen (secondary N) is 2. The van der Waals surface area contributed by atoms with Gasteiger partial charge in [0, 0.05) is 25.4 Å². The van der Waals surface area contributed by atoms with Crippen molar-refractivity contribution in [2.75, 3.05) is 19.0 Å². The van der Waals surface area contributed by atoms with Crippen molar-refractivity contribution in [2.45, 2.75) is 18.9 Å². The summed E-state index contributed by atoms with van der Waals surface area (Å²) >= 11 is 0. The molecule has 2 N–H and O–H groups in total. The molecule has 0 bridgehead atoms. The molecule has 3 aromatic rings. The van der Waals surface area contributed by atoms with Gasteiger partial charge in [0.25, 0.3) is 5.91 Å². The number of ether oxygens (including phenoxy) is 1. The third kappa shape index (κ3) is 3.58. The average molecular weight is 385 g/mol. The number of amides is 1. The average Bonchev–Trinajstić information content (AvgIpc) is 3.42. The second-order valence-corrected chi connectivity index (χ2v) is 6.52. The van der Waals surface area contributed by atoms with Crippen molar-refractivity contribution < 1.29 is 13.9 Å². The van der Waals surface area contributed by atoms with E-state index < -0.39 is 11.7 Å². The molecule has 4 rings (SSSR count). The molecule has 0 saturated carbocycles. The quantitative estimate of drug-likeness (QED) is 0.695. The number of hydrogen-bond acceptors (Lipinski definition) is 6. The highest BCUT2D eigenvalue weighted by molar-refractivity contribution is 6.01. The Bertz CT molecular complexity index is 1010. The van der Waals surface area contributed by atoms with Crippen LogP contribution in [0, 0.1) is 5.82 Å². The number of hydrogen-bond donors (Lipinski definition) is 2. The van der Waals surface area contributed by atoms with Gasteiger partial charge in [-0.15, -0.1) is 0 Å². The molecule has 0 unspecified atom stereocenters. The molecule has 0 aliphatic carbocycles. The third-order valence-electron chi connectivity index (χ3n) is 4.55. The van der Waals surface area contributed by atoms with E-state index in [2.05, 4.69) is 25.8 Å². The Balaban J connectivity index is 1.51. The van der Waals surface area contributed by atoms with Crippen molar-refractivity contribution in [1.82, 2.24) is 29.9 Å². The summed E-state index contributed by atoms with van der Waals surface area (Å²) in [5, 5.41) is 14.6. The summed E-state index contributed by atoms with van der Waals surface area (Å²) in [5.74, 6) is 0.485. The second kappa shape index (κ2) is 7.39. The van der Waals surface area contributed by atoms with Crippen LogP contribution < -0.4 is 15.4 Å². The van der Waals surface area contributed by atoms with Gasteiger partial charge in [-0.2, -0.15) is 15.2 Å². The summed E-state index contributed by atoms with van der Waals surface area (Å²) in [7, 11) is 3.18. The summed E-state index contributed by atoms with van der Waals surface area (Å²) in [6, 6.07) is 5.86. The molecule has 2 aromatic heterocycles. The molecule has 1 amide bonds. The number of aromatic nitrogens is 5. The van der Waals surface area contributed by atoms with Gasteiger partial charge >= 0.3 is 0 Å². The maximum atomic E-state index is 13.7. The van der Waals surface area contributed by atoms with Crippen molar-refractivity contribution in [2.24, 2.45) is 7.05 Å². The van der Waals surface area contributed by atoms with Gasteiger partial charge in [-0.1, -0.05) is 0 Å². The zero-order chi connectivity index (χ0) is 19.7. The number of methoxy groups -OCH3 is 1. The molecule has 1 aliphatic rings. The molecule has 1 aromatic carbocycles. The van der Waals surface area contributed by atoms with Crippen molar-refractivity contribution in [3.63, 3.8) is 0 Å². The van der Waals surface area contributed by atoms with E-state index in [1.165, 1.54) is 28.6 Å². The van der Waals surface area contributed by atoms with Crippen LogP contribution in [0.3, 0.4) is 0 Å². The van der Waals surface area contributed by atoms with Crippen LogP contribution in [0.4, 0.5) is 10.3 Å². The van der Waals surface area contributed by atoms with Crippen LogP contribution >= 0.6 is 0 Å². The predicted molar refractivity (Wildman–Crippen MR) is 99.0 cm³/mol. The highest BCUT2D eigenvalue weighted by Gasteiger charge is 2.22. The first-order chi connectivity index (χ1) is 13.5. The van der Waals surface area contributed by atoms with E-state index in [-0.39, 0.29) is 11.7 Å². The van der Waals surface area contributed by atoms with E-state index in [0.29, 0.717) is 23.2 Å². The molecular formula is C18H20FN7O2. The van der Waals surface area contributed by atoms with Gasteiger partial charge in [0.15, 0.2) is 11.5 Å². The maximum Gasteiger partial charge on any atom is 0.278 e. The van der Waals surface area contributed by atoms with Gasteiger partial charge in [-0.05, 0) is 31.5 Å². The fourth-order valence-corrected chi connectivity index (χ4v) is 3.12. The summed E-state index contributed by atoms with van der Waals surface area (Å²) in [6.45, 7) is 0.937. The van der Waals surface area contributed by atoms with E-state index in [4.69, 9.17) is 4.74 Å². The summed E-state index contributed by atoms with van der Waals surface area (Å²) in [5.41, 5.74) is 0.621. The Hall–Kier alpha value is -3.27. The van der Waals surface area contributed by atoms with E-state index in [1.54, 1.807) is 25.4 Å². The molecule has 1 aliphatic heterocycles. The van der Waals surface area contributed by atoms with E-state index in [1.807, 2.05) is 0 Å². The van der Waals surface area contributed by atoms with Gasteiger partial charge in [-0.3, -0.25) is 10.1 Å². The number of nitrogens with zero attached hydrogens (tertiary/aromatic N) is 5. The van der Waals surface area contributed by atoms with Gasteiger partial charge in [0.2, 0.25) is 5.95 Å². The Morgan fingerprint density at radius 3 is 2.96 bits per heavy atom. The van der Waals surface area contributed by atoms with Crippen LogP contribution in [0.25, 0.3) is 5.69 Å². The summed E-state index contributed by atoms with van der Waals surface area (Å²) < 4.78 is 21.7. The lowest BCUT2D eigenvalue weighted by Gasteiger charge is -2.05. The normalized spacial score (nSPS) is 16.3. The maximum absolute atomic E-state index is 13.7. The Kier molecular flexibility index (Phi) is 4.78. The minimum absolute atomic E-state index is 0.110. The van der Waals surface area contributed by atoms with Gasteiger partial charge in [-0.25, -0.2) is 13.8 Å². The number of benzene rings is 1. The lowest BCUT2D eigenvalue weighted by molar-refractivity contribution is 0.102. The zero-order valence-corrected chi connectivity index (χ0v) is 15.5. The number of aryl methyl sites for hydroxylation is 1. The first kappa shape index (κ1) is 18.1. The molecule has 3 heterocycles. The molecule has 1 atom stereocenters. The Morgan fingerprint density at radius 1 is 1.36 bits per heavy atom. The van der Waals surface area contributed by atoms with Crippen molar-refractivity contribution in [3.05, 3.63) is 47.8 Å². The molecule has 9 nitrogen and oxygen atoms in total. The highest BCUT2D eigenvalue weighted by Crippen LogP contribution is 2.22. The number of anilines is 1. The minimum Gasteiger partial charge on any atom is -0.497 e. The first-order valence-corrected chi connectivity index (χ1v) is 8.90.